The molecule has 6 nitrogen and oxygen atoms in total. The molecule has 2 aromatic rings. The van der Waals surface area contributed by atoms with Gasteiger partial charge in [0.15, 0.2) is 0 Å². The van der Waals surface area contributed by atoms with Crippen LogP contribution in [0, 0.1) is 22.7 Å². The Labute approximate surface area is 136 Å². The Morgan fingerprint density at radius 1 is 1.00 bits per heavy atom. The first-order valence-corrected chi connectivity index (χ1v) is 6.73. The zero-order chi connectivity index (χ0) is 16.7. The number of hydrogen-bond acceptors (Lipinski definition) is 6. The second-order valence-electron chi connectivity index (χ2n) is 3.85. The molecule has 0 aliphatic carbocycles. The summed E-state index contributed by atoms with van der Waals surface area (Å²) in [5.41, 5.74) is 1.02. The Bertz CT molecular complexity index is 711. The van der Waals surface area contributed by atoms with Crippen molar-refractivity contribution in [3.63, 3.8) is 0 Å². The molecule has 0 aliphatic rings. The third kappa shape index (κ3) is 4.23. The zero-order valence-electron chi connectivity index (χ0n) is 11.4. The van der Waals surface area contributed by atoms with Crippen molar-refractivity contribution >= 4 is 23.2 Å². The molecule has 0 spiro atoms. The van der Waals surface area contributed by atoms with E-state index in [0.29, 0.717) is 12.0 Å². The summed E-state index contributed by atoms with van der Waals surface area (Å²) in [6, 6.07) is 8.11. The van der Waals surface area contributed by atoms with Crippen LogP contribution < -0.4 is 0 Å². The molecule has 0 atom stereocenters. The summed E-state index contributed by atoms with van der Waals surface area (Å²) in [4.78, 5) is 6.99. The molecule has 0 bridgehead atoms. The summed E-state index contributed by atoms with van der Waals surface area (Å²) < 4.78 is 0. The van der Waals surface area contributed by atoms with E-state index in [1.165, 1.54) is 18.2 Å². The van der Waals surface area contributed by atoms with Gasteiger partial charge < -0.3 is 10.2 Å². The lowest BCUT2D eigenvalue weighted by Gasteiger charge is -2.05. The average molecular weight is 337 g/mol. The van der Waals surface area contributed by atoms with Gasteiger partial charge in [0.2, 0.25) is 11.8 Å². The molecule has 0 radical (unpaired) electrons. The lowest BCUT2D eigenvalue weighted by molar-refractivity contribution is 0.413. The van der Waals surface area contributed by atoms with E-state index in [2.05, 4.69) is 9.97 Å². The fourth-order valence-electron chi connectivity index (χ4n) is 1.56. The Kier molecular flexibility index (Phi) is 6.40. The van der Waals surface area contributed by atoms with Gasteiger partial charge in [-0.05, 0) is 12.0 Å². The van der Waals surface area contributed by atoms with E-state index in [-0.39, 0.29) is 33.2 Å². The molecule has 2 heterocycles. The van der Waals surface area contributed by atoms with Gasteiger partial charge in [0.1, 0.15) is 22.4 Å². The van der Waals surface area contributed by atoms with E-state index < -0.39 is 0 Å². The maximum absolute atomic E-state index is 8.81. The van der Waals surface area contributed by atoms with E-state index in [0.717, 1.165) is 0 Å². The number of halogens is 2. The molecule has 22 heavy (non-hydrogen) atoms. The van der Waals surface area contributed by atoms with Gasteiger partial charge >= 0.3 is 0 Å². The van der Waals surface area contributed by atoms with Gasteiger partial charge in [-0.1, -0.05) is 36.2 Å². The number of pyridine rings is 2. The summed E-state index contributed by atoms with van der Waals surface area (Å²) in [7, 11) is 0. The number of nitrogens with zero attached hydrogens (tertiary/aromatic N) is 4. The summed E-state index contributed by atoms with van der Waals surface area (Å²) in [6.45, 7) is 1.82. The van der Waals surface area contributed by atoms with Crippen LogP contribution in [0.1, 0.15) is 23.6 Å². The standard InChI is InChI=1S/C9H5Cl2N3.C5H5NO2/c1-2-5-6(3-12)8(10)14-9(11)7(5)4-13;7-4-2-1-3-5(8)6-4/h2H2,1H3;1-3H,(H2,6,7,8). The zero-order valence-corrected chi connectivity index (χ0v) is 12.9. The van der Waals surface area contributed by atoms with Crippen LogP contribution in [-0.4, -0.2) is 20.2 Å². The quantitative estimate of drug-likeness (QED) is 0.773. The van der Waals surface area contributed by atoms with Gasteiger partial charge in [0.25, 0.3) is 0 Å². The van der Waals surface area contributed by atoms with Gasteiger partial charge in [-0.3, -0.25) is 0 Å². The van der Waals surface area contributed by atoms with Crippen molar-refractivity contribution in [1.82, 2.24) is 9.97 Å². The van der Waals surface area contributed by atoms with Gasteiger partial charge in [-0.15, -0.1) is 0 Å². The minimum Gasteiger partial charge on any atom is -0.493 e. The van der Waals surface area contributed by atoms with Crippen molar-refractivity contribution in [2.45, 2.75) is 13.3 Å². The lowest BCUT2D eigenvalue weighted by atomic mass is 10.0. The smallest absolute Gasteiger partial charge is 0.214 e. The van der Waals surface area contributed by atoms with E-state index >= 15 is 0 Å². The molecular formula is C14H10Cl2N4O2. The van der Waals surface area contributed by atoms with Crippen LogP contribution in [0.3, 0.4) is 0 Å². The molecule has 0 fully saturated rings. The molecule has 0 saturated carbocycles. The van der Waals surface area contributed by atoms with E-state index in [1.54, 1.807) is 0 Å². The van der Waals surface area contributed by atoms with Crippen molar-refractivity contribution < 1.29 is 10.2 Å². The van der Waals surface area contributed by atoms with Crippen LogP contribution in [0.15, 0.2) is 18.2 Å². The van der Waals surface area contributed by atoms with Crippen LogP contribution in [0.2, 0.25) is 10.3 Å². The van der Waals surface area contributed by atoms with Gasteiger partial charge in [0.05, 0.1) is 11.1 Å². The lowest BCUT2D eigenvalue weighted by Crippen LogP contribution is -1.98. The maximum atomic E-state index is 8.81. The number of rotatable bonds is 1. The molecule has 0 aliphatic heterocycles. The molecule has 2 rings (SSSR count). The first-order chi connectivity index (χ1) is 10.4. The molecule has 112 valence electrons. The molecule has 2 aromatic heterocycles. The second-order valence-corrected chi connectivity index (χ2v) is 4.57. The van der Waals surface area contributed by atoms with Crippen LogP contribution in [-0.2, 0) is 6.42 Å². The minimum absolute atomic E-state index is 0.0494. The summed E-state index contributed by atoms with van der Waals surface area (Å²) in [5, 5.41) is 34.8. The monoisotopic (exact) mass is 336 g/mol. The molecule has 0 aromatic carbocycles. The summed E-state index contributed by atoms with van der Waals surface area (Å²) in [5.74, 6) is -0.324. The topological polar surface area (TPSA) is 114 Å². The summed E-state index contributed by atoms with van der Waals surface area (Å²) >= 11 is 11.4. The summed E-state index contributed by atoms with van der Waals surface area (Å²) in [6.07, 6.45) is 0.522. The van der Waals surface area contributed by atoms with Crippen molar-refractivity contribution in [2.75, 3.05) is 0 Å². The number of nitriles is 2. The molecule has 0 saturated heterocycles. The van der Waals surface area contributed by atoms with Gasteiger partial charge in [0, 0.05) is 12.1 Å². The minimum atomic E-state index is -0.162. The van der Waals surface area contributed by atoms with E-state index in [1.807, 2.05) is 19.1 Å². The highest BCUT2D eigenvalue weighted by atomic mass is 35.5. The van der Waals surface area contributed by atoms with E-state index in [9.17, 15) is 0 Å². The van der Waals surface area contributed by atoms with Crippen molar-refractivity contribution in [3.8, 4) is 23.9 Å². The highest BCUT2D eigenvalue weighted by Gasteiger charge is 2.15. The highest BCUT2D eigenvalue weighted by molar-refractivity contribution is 6.34. The normalized spacial score (nSPS) is 9.14. The molecule has 2 N–H and O–H groups in total. The Morgan fingerprint density at radius 3 is 1.73 bits per heavy atom. The molecular weight excluding hydrogens is 327 g/mol. The predicted molar refractivity (Wildman–Crippen MR) is 80.6 cm³/mol. The third-order valence-electron chi connectivity index (χ3n) is 2.51. The molecule has 0 amide bonds. The number of aromatic hydroxyl groups is 2. The van der Waals surface area contributed by atoms with Crippen LogP contribution in [0.4, 0.5) is 0 Å². The first kappa shape index (κ1) is 17.5. The van der Waals surface area contributed by atoms with Crippen LogP contribution in [0.25, 0.3) is 0 Å². The fourth-order valence-corrected chi connectivity index (χ4v) is 2.09. The Hall–Kier alpha value is -2.54. The highest BCUT2D eigenvalue weighted by Crippen LogP contribution is 2.26. The Morgan fingerprint density at radius 2 is 1.45 bits per heavy atom. The van der Waals surface area contributed by atoms with Gasteiger partial charge in [-0.25, -0.2) is 4.98 Å². The SMILES string of the molecule is CCc1c(C#N)c(Cl)nc(Cl)c1C#N.Oc1cccc(O)n1. The van der Waals surface area contributed by atoms with Crippen LogP contribution in [0.5, 0.6) is 11.8 Å². The van der Waals surface area contributed by atoms with Crippen molar-refractivity contribution in [2.24, 2.45) is 0 Å². The first-order valence-electron chi connectivity index (χ1n) is 5.97. The largest absolute Gasteiger partial charge is 0.493 e. The van der Waals surface area contributed by atoms with Crippen molar-refractivity contribution in [3.05, 3.63) is 45.2 Å². The third-order valence-corrected chi connectivity index (χ3v) is 3.06. The Balaban J connectivity index is 0.000000255. The average Bonchev–Trinajstić information content (AvgIpc) is 2.46. The van der Waals surface area contributed by atoms with Crippen molar-refractivity contribution in [1.29, 1.82) is 10.5 Å². The number of aromatic nitrogens is 2. The predicted octanol–water partition coefficient (Wildman–Crippen LogP) is 3.19. The number of hydrogen-bond donors (Lipinski definition) is 2. The molecule has 8 heteroatoms. The molecule has 0 unspecified atom stereocenters. The van der Waals surface area contributed by atoms with Gasteiger partial charge in [-0.2, -0.15) is 15.5 Å². The second kappa shape index (κ2) is 8.04. The maximum Gasteiger partial charge on any atom is 0.214 e. The van der Waals surface area contributed by atoms with Crippen LogP contribution >= 0.6 is 23.2 Å². The fraction of sp³-hybridized carbons (Fsp3) is 0.143. The van der Waals surface area contributed by atoms with E-state index in [4.69, 9.17) is 43.9 Å².